The third-order valence-electron chi connectivity index (χ3n) is 2.03. The Morgan fingerprint density at radius 2 is 2.27 bits per heavy atom. The van der Waals surface area contributed by atoms with E-state index in [0.717, 1.165) is 13.1 Å². The summed E-state index contributed by atoms with van der Waals surface area (Å²) in [5, 5.41) is 12.1. The first-order valence-electron chi connectivity index (χ1n) is 4.21. The highest BCUT2D eigenvalue weighted by Crippen LogP contribution is 2.11. The Morgan fingerprint density at radius 3 is 2.82 bits per heavy atom. The first-order chi connectivity index (χ1) is 5.24. The molecule has 1 aliphatic rings. The van der Waals surface area contributed by atoms with Gasteiger partial charge in [0.25, 0.3) is 0 Å². The molecule has 0 amide bonds. The topological polar surface area (TPSA) is 41.5 Å². The van der Waals surface area contributed by atoms with Gasteiger partial charge in [-0.2, -0.15) is 0 Å². The minimum Gasteiger partial charge on any atom is -0.394 e. The van der Waals surface area contributed by atoms with Crippen molar-refractivity contribution in [1.29, 1.82) is 0 Å². The molecule has 1 rings (SSSR count). The summed E-state index contributed by atoms with van der Waals surface area (Å²) in [7, 11) is 0. The number of aliphatic hydroxyl groups is 1. The molecule has 2 atom stereocenters. The van der Waals surface area contributed by atoms with Gasteiger partial charge in [0.15, 0.2) is 0 Å². The van der Waals surface area contributed by atoms with Crippen molar-refractivity contribution < 1.29 is 9.84 Å². The van der Waals surface area contributed by atoms with Crippen LogP contribution in [-0.4, -0.2) is 37.0 Å². The maximum Gasteiger partial charge on any atom is 0.0934 e. The predicted molar refractivity (Wildman–Crippen MR) is 43.5 cm³/mol. The molecule has 0 aliphatic carbocycles. The van der Waals surface area contributed by atoms with Gasteiger partial charge in [-0.05, 0) is 5.92 Å². The zero-order valence-electron chi connectivity index (χ0n) is 7.21. The lowest BCUT2D eigenvalue weighted by Gasteiger charge is -2.32. The minimum atomic E-state index is -0.00356. The molecule has 1 fully saturated rings. The second kappa shape index (κ2) is 4.04. The van der Waals surface area contributed by atoms with Crippen LogP contribution >= 0.6 is 0 Å². The van der Waals surface area contributed by atoms with E-state index >= 15 is 0 Å². The highest BCUT2D eigenvalue weighted by molar-refractivity contribution is 4.75. The largest absolute Gasteiger partial charge is 0.394 e. The number of morpholine rings is 1. The van der Waals surface area contributed by atoms with Crippen LogP contribution in [0.15, 0.2) is 0 Å². The Morgan fingerprint density at radius 1 is 1.55 bits per heavy atom. The average Bonchev–Trinajstić information content (AvgIpc) is 2.05. The number of hydrogen-bond acceptors (Lipinski definition) is 3. The van der Waals surface area contributed by atoms with Crippen LogP contribution in [0.5, 0.6) is 0 Å². The van der Waals surface area contributed by atoms with E-state index in [1.54, 1.807) is 0 Å². The van der Waals surface area contributed by atoms with Gasteiger partial charge in [0.2, 0.25) is 0 Å². The SMILES string of the molecule is CC(C)[C@@H]1CNC[C@@H](CO)O1. The Hall–Kier alpha value is -0.120. The first kappa shape index (κ1) is 8.97. The molecule has 3 nitrogen and oxygen atoms in total. The summed E-state index contributed by atoms with van der Waals surface area (Å²) in [4.78, 5) is 0. The van der Waals surface area contributed by atoms with E-state index in [1.807, 2.05) is 0 Å². The zero-order chi connectivity index (χ0) is 8.27. The second-order valence-corrected chi connectivity index (χ2v) is 3.38. The van der Waals surface area contributed by atoms with Gasteiger partial charge in [0.05, 0.1) is 18.8 Å². The number of ether oxygens (including phenoxy) is 1. The molecular weight excluding hydrogens is 142 g/mol. The van der Waals surface area contributed by atoms with Crippen molar-refractivity contribution in [3.05, 3.63) is 0 Å². The summed E-state index contributed by atoms with van der Waals surface area (Å²) in [6.07, 6.45) is 0.261. The maximum absolute atomic E-state index is 8.83. The van der Waals surface area contributed by atoms with Crippen LogP contribution in [0, 0.1) is 5.92 Å². The number of hydrogen-bond donors (Lipinski definition) is 2. The quantitative estimate of drug-likeness (QED) is 0.595. The molecule has 0 saturated carbocycles. The van der Waals surface area contributed by atoms with Gasteiger partial charge in [-0.25, -0.2) is 0 Å². The molecule has 0 radical (unpaired) electrons. The van der Waals surface area contributed by atoms with E-state index in [1.165, 1.54) is 0 Å². The smallest absolute Gasteiger partial charge is 0.0934 e. The molecule has 11 heavy (non-hydrogen) atoms. The van der Waals surface area contributed by atoms with Crippen LogP contribution in [0.2, 0.25) is 0 Å². The van der Waals surface area contributed by atoms with E-state index in [0.29, 0.717) is 5.92 Å². The lowest BCUT2D eigenvalue weighted by atomic mass is 10.1. The van der Waals surface area contributed by atoms with Gasteiger partial charge in [-0.1, -0.05) is 13.8 Å². The lowest BCUT2D eigenvalue weighted by molar-refractivity contribution is -0.0781. The number of nitrogens with one attached hydrogen (secondary N) is 1. The fourth-order valence-corrected chi connectivity index (χ4v) is 1.23. The van der Waals surface area contributed by atoms with Crippen LogP contribution in [0.4, 0.5) is 0 Å². The van der Waals surface area contributed by atoms with E-state index in [2.05, 4.69) is 19.2 Å². The molecule has 3 heteroatoms. The molecule has 2 N–H and O–H groups in total. The standard InChI is InChI=1S/C8H17NO2/c1-6(2)8-4-9-3-7(5-10)11-8/h6-10H,3-5H2,1-2H3/t7-,8-/m0/s1. The Bertz CT molecular complexity index is 117. The highest BCUT2D eigenvalue weighted by Gasteiger charge is 2.23. The van der Waals surface area contributed by atoms with Crippen molar-refractivity contribution in [3.63, 3.8) is 0 Å². The summed E-state index contributed by atoms with van der Waals surface area (Å²) < 4.78 is 5.58. The predicted octanol–water partition coefficient (Wildman–Crippen LogP) is -0.00830. The van der Waals surface area contributed by atoms with Crippen LogP contribution in [0.3, 0.4) is 0 Å². The summed E-state index contributed by atoms with van der Waals surface area (Å²) in [6, 6.07) is 0. The molecule has 1 aliphatic heterocycles. The summed E-state index contributed by atoms with van der Waals surface area (Å²) in [6.45, 7) is 6.07. The first-order valence-corrected chi connectivity index (χ1v) is 4.21. The van der Waals surface area contributed by atoms with E-state index in [9.17, 15) is 0 Å². The second-order valence-electron chi connectivity index (χ2n) is 3.38. The number of rotatable bonds is 2. The highest BCUT2D eigenvalue weighted by atomic mass is 16.5. The van der Waals surface area contributed by atoms with Gasteiger partial charge in [0, 0.05) is 13.1 Å². The zero-order valence-corrected chi connectivity index (χ0v) is 7.21. The number of aliphatic hydroxyl groups excluding tert-OH is 1. The van der Waals surface area contributed by atoms with Crippen molar-refractivity contribution in [2.75, 3.05) is 19.7 Å². The van der Waals surface area contributed by atoms with Crippen LogP contribution in [-0.2, 0) is 4.74 Å². The van der Waals surface area contributed by atoms with Gasteiger partial charge >= 0.3 is 0 Å². The molecule has 0 spiro atoms. The van der Waals surface area contributed by atoms with Gasteiger partial charge < -0.3 is 15.2 Å². The molecule has 0 aromatic rings. The fraction of sp³-hybridized carbons (Fsp3) is 1.00. The van der Waals surface area contributed by atoms with Crippen LogP contribution in [0.1, 0.15) is 13.8 Å². The van der Waals surface area contributed by atoms with Crippen molar-refractivity contribution in [1.82, 2.24) is 5.32 Å². The molecule has 0 aromatic carbocycles. The molecule has 0 aromatic heterocycles. The molecule has 0 unspecified atom stereocenters. The third kappa shape index (κ3) is 2.43. The fourth-order valence-electron chi connectivity index (χ4n) is 1.23. The van der Waals surface area contributed by atoms with Gasteiger partial charge in [-0.15, -0.1) is 0 Å². The summed E-state index contributed by atoms with van der Waals surface area (Å²) in [5.74, 6) is 0.525. The van der Waals surface area contributed by atoms with E-state index < -0.39 is 0 Å². The van der Waals surface area contributed by atoms with Crippen molar-refractivity contribution >= 4 is 0 Å². The van der Waals surface area contributed by atoms with Crippen LogP contribution < -0.4 is 5.32 Å². The Labute approximate surface area is 67.7 Å². The molecular formula is C8H17NO2. The Kier molecular flexibility index (Phi) is 3.30. The van der Waals surface area contributed by atoms with E-state index in [-0.39, 0.29) is 18.8 Å². The van der Waals surface area contributed by atoms with Gasteiger partial charge in [-0.3, -0.25) is 0 Å². The van der Waals surface area contributed by atoms with E-state index in [4.69, 9.17) is 9.84 Å². The Balaban J connectivity index is 2.33. The maximum atomic E-state index is 8.83. The molecule has 0 bridgehead atoms. The molecule has 1 saturated heterocycles. The monoisotopic (exact) mass is 159 g/mol. The molecule has 66 valence electrons. The lowest BCUT2D eigenvalue weighted by Crippen LogP contribution is -2.48. The molecule has 1 heterocycles. The average molecular weight is 159 g/mol. The van der Waals surface area contributed by atoms with Crippen molar-refractivity contribution in [2.45, 2.75) is 26.1 Å². The van der Waals surface area contributed by atoms with Crippen molar-refractivity contribution in [3.8, 4) is 0 Å². The van der Waals surface area contributed by atoms with Crippen molar-refractivity contribution in [2.24, 2.45) is 5.92 Å². The minimum absolute atomic E-state index is 0.00356. The summed E-state index contributed by atoms with van der Waals surface area (Å²) >= 11 is 0. The van der Waals surface area contributed by atoms with Crippen LogP contribution in [0.25, 0.3) is 0 Å². The normalized spacial score (nSPS) is 32.7. The summed E-state index contributed by atoms with van der Waals surface area (Å²) in [5.41, 5.74) is 0. The third-order valence-corrected chi connectivity index (χ3v) is 2.03. The van der Waals surface area contributed by atoms with Gasteiger partial charge in [0.1, 0.15) is 0 Å².